The number of hydrogen-bond acceptors (Lipinski definition) is 4. The summed E-state index contributed by atoms with van der Waals surface area (Å²) in [5.74, 6) is 1.33. The van der Waals surface area contributed by atoms with Crippen LogP contribution in [0.2, 0.25) is 0 Å². The van der Waals surface area contributed by atoms with E-state index in [4.69, 9.17) is 9.15 Å². The van der Waals surface area contributed by atoms with Crippen LogP contribution in [0.4, 0.5) is 5.69 Å². The number of carbonyl (C=O) groups excluding carboxylic acids is 2. The molecule has 0 saturated carbocycles. The molecule has 1 aliphatic rings. The Bertz CT molecular complexity index is 968. The zero-order chi connectivity index (χ0) is 20.8. The Hall–Kier alpha value is -3.54. The van der Waals surface area contributed by atoms with Gasteiger partial charge in [-0.2, -0.15) is 0 Å². The van der Waals surface area contributed by atoms with Gasteiger partial charge < -0.3 is 19.0 Å². The Kier molecular flexibility index (Phi) is 6.13. The third-order valence-electron chi connectivity index (χ3n) is 5.08. The summed E-state index contributed by atoms with van der Waals surface area (Å²) in [6.07, 6.45) is 3.09. The molecular formula is C24H24N2O4. The molecule has 0 spiro atoms. The fourth-order valence-electron chi connectivity index (χ4n) is 3.51. The van der Waals surface area contributed by atoms with Crippen LogP contribution in [0.15, 0.2) is 77.4 Å². The van der Waals surface area contributed by atoms with Crippen LogP contribution in [0.25, 0.3) is 0 Å². The van der Waals surface area contributed by atoms with Crippen LogP contribution in [-0.4, -0.2) is 29.9 Å². The van der Waals surface area contributed by atoms with Gasteiger partial charge in [0.1, 0.15) is 11.5 Å². The topological polar surface area (TPSA) is 63.0 Å². The molecular weight excluding hydrogens is 380 g/mol. The molecule has 0 aliphatic carbocycles. The van der Waals surface area contributed by atoms with E-state index in [1.807, 2.05) is 54.6 Å². The summed E-state index contributed by atoms with van der Waals surface area (Å²) in [5, 5.41) is 0. The maximum atomic E-state index is 12.9. The van der Waals surface area contributed by atoms with Crippen LogP contribution in [0.5, 0.6) is 5.75 Å². The minimum Gasteiger partial charge on any atom is -0.484 e. The summed E-state index contributed by atoms with van der Waals surface area (Å²) in [4.78, 5) is 28.2. The van der Waals surface area contributed by atoms with Crippen molar-refractivity contribution in [2.24, 2.45) is 0 Å². The van der Waals surface area contributed by atoms with Gasteiger partial charge in [0.25, 0.3) is 5.91 Å². The van der Waals surface area contributed by atoms with Gasteiger partial charge in [-0.15, -0.1) is 0 Å². The van der Waals surface area contributed by atoms with Gasteiger partial charge in [-0.3, -0.25) is 9.59 Å². The maximum absolute atomic E-state index is 12.9. The van der Waals surface area contributed by atoms with Gasteiger partial charge in [0, 0.05) is 25.2 Å². The average molecular weight is 404 g/mol. The summed E-state index contributed by atoms with van der Waals surface area (Å²) in [7, 11) is 0. The first kappa shape index (κ1) is 19.8. The van der Waals surface area contributed by atoms with Crippen LogP contribution < -0.4 is 9.64 Å². The largest absolute Gasteiger partial charge is 0.484 e. The van der Waals surface area contributed by atoms with Crippen molar-refractivity contribution >= 4 is 17.5 Å². The third-order valence-corrected chi connectivity index (χ3v) is 5.08. The summed E-state index contributed by atoms with van der Waals surface area (Å²) < 4.78 is 11.1. The van der Waals surface area contributed by atoms with Crippen molar-refractivity contribution in [1.29, 1.82) is 0 Å². The molecule has 2 heterocycles. The lowest BCUT2D eigenvalue weighted by Crippen LogP contribution is -2.34. The van der Waals surface area contributed by atoms with Crippen molar-refractivity contribution in [2.45, 2.75) is 25.9 Å². The fraction of sp³-hybridized carbons (Fsp3) is 0.250. The van der Waals surface area contributed by atoms with Gasteiger partial charge in [-0.25, -0.2) is 0 Å². The summed E-state index contributed by atoms with van der Waals surface area (Å²) in [6, 6.07) is 20.8. The van der Waals surface area contributed by atoms with Crippen LogP contribution in [-0.2, 0) is 22.7 Å². The van der Waals surface area contributed by atoms with E-state index >= 15 is 0 Å². The summed E-state index contributed by atoms with van der Waals surface area (Å²) in [5.41, 5.74) is 1.90. The maximum Gasteiger partial charge on any atom is 0.261 e. The van der Waals surface area contributed by atoms with E-state index in [0.29, 0.717) is 25.3 Å². The zero-order valence-electron chi connectivity index (χ0n) is 16.7. The fourth-order valence-corrected chi connectivity index (χ4v) is 3.51. The van der Waals surface area contributed by atoms with E-state index < -0.39 is 0 Å². The second-order valence-corrected chi connectivity index (χ2v) is 7.25. The highest BCUT2D eigenvalue weighted by atomic mass is 16.5. The average Bonchev–Trinajstić information content (AvgIpc) is 3.44. The first-order valence-electron chi connectivity index (χ1n) is 10.1. The van der Waals surface area contributed by atoms with E-state index in [-0.39, 0.29) is 18.4 Å². The molecule has 1 fully saturated rings. The highest BCUT2D eigenvalue weighted by molar-refractivity contribution is 5.95. The lowest BCUT2D eigenvalue weighted by atomic mass is 10.2. The van der Waals surface area contributed by atoms with E-state index in [2.05, 4.69) is 0 Å². The zero-order valence-corrected chi connectivity index (χ0v) is 16.7. The molecule has 3 aromatic rings. The van der Waals surface area contributed by atoms with E-state index in [1.165, 1.54) is 0 Å². The van der Waals surface area contributed by atoms with Crippen molar-refractivity contribution in [3.05, 3.63) is 84.3 Å². The summed E-state index contributed by atoms with van der Waals surface area (Å²) >= 11 is 0. The lowest BCUT2D eigenvalue weighted by Gasteiger charge is -2.22. The monoisotopic (exact) mass is 404 g/mol. The van der Waals surface area contributed by atoms with Crippen molar-refractivity contribution < 1.29 is 18.7 Å². The Morgan fingerprint density at radius 1 is 1.00 bits per heavy atom. The third kappa shape index (κ3) is 4.89. The van der Waals surface area contributed by atoms with Crippen molar-refractivity contribution in [2.75, 3.05) is 18.1 Å². The number of ether oxygens (including phenoxy) is 1. The first-order valence-corrected chi connectivity index (χ1v) is 10.1. The number of furan rings is 1. The standard InChI is InChI=1S/C24H24N2O4/c27-23-9-4-14-26(23)20-10-12-21(13-11-20)30-18-24(28)25(17-22-8-5-15-29-22)16-19-6-2-1-3-7-19/h1-3,5-8,10-13,15H,4,9,14,16-18H2. The molecule has 2 amide bonds. The minimum atomic E-state index is -0.131. The quantitative estimate of drug-likeness (QED) is 0.569. The highest BCUT2D eigenvalue weighted by Crippen LogP contribution is 2.24. The molecule has 0 unspecified atom stereocenters. The van der Waals surface area contributed by atoms with Gasteiger partial charge in [-0.05, 0) is 48.4 Å². The Labute approximate surface area is 175 Å². The second kappa shape index (κ2) is 9.31. The predicted molar refractivity (Wildman–Crippen MR) is 113 cm³/mol. The van der Waals surface area contributed by atoms with Gasteiger partial charge >= 0.3 is 0 Å². The molecule has 2 aromatic carbocycles. The van der Waals surface area contributed by atoms with Gasteiger partial charge in [0.2, 0.25) is 5.91 Å². The second-order valence-electron chi connectivity index (χ2n) is 7.25. The van der Waals surface area contributed by atoms with Gasteiger partial charge in [0.05, 0.1) is 12.8 Å². The van der Waals surface area contributed by atoms with Gasteiger partial charge in [0.15, 0.2) is 6.61 Å². The first-order chi connectivity index (χ1) is 14.7. The molecule has 30 heavy (non-hydrogen) atoms. The molecule has 4 rings (SSSR count). The molecule has 0 bridgehead atoms. The van der Waals surface area contributed by atoms with Crippen LogP contribution in [0.3, 0.4) is 0 Å². The normalized spacial score (nSPS) is 13.5. The Morgan fingerprint density at radius 2 is 1.80 bits per heavy atom. The Morgan fingerprint density at radius 3 is 2.47 bits per heavy atom. The molecule has 0 atom stereocenters. The predicted octanol–water partition coefficient (Wildman–Crippen LogP) is 4.01. The van der Waals surface area contributed by atoms with Crippen molar-refractivity contribution in [3.63, 3.8) is 0 Å². The number of carbonyl (C=O) groups is 2. The van der Waals surface area contributed by atoms with E-state index in [9.17, 15) is 9.59 Å². The van der Waals surface area contributed by atoms with Crippen molar-refractivity contribution in [1.82, 2.24) is 4.90 Å². The molecule has 6 nitrogen and oxygen atoms in total. The smallest absolute Gasteiger partial charge is 0.261 e. The van der Waals surface area contributed by atoms with E-state index in [0.717, 1.165) is 30.0 Å². The number of hydrogen-bond donors (Lipinski definition) is 0. The number of rotatable bonds is 8. The number of benzene rings is 2. The van der Waals surface area contributed by atoms with Crippen molar-refractivity contribution in [3.8, 4) is 5.75 Å². The number of anilines is 1. The molecule has 1 saturated heterocycles. The molecule has 1 aromatic heterocycles. The molecule has 154 valence electrons. The van der Waals surface area contributed by atoms with Gasteiger partial charge in [-0.1, -0.05) is 30.3 Å². The minimum absolute atomic E-state index is 0.0739. The highest BCUT2D eigenvalue weighted by Gasteiger charge is 2.21. The molecule has 1 aliphatic heterocycles. The SMILES string of the molecule is O=C(COc1ccc(N2CCCC2=O)cc1)N(Cc1ccccc1)Cc1ccco1. The van der Waals surface area contributed by atoms with Crippen LogP contribution in [0.1, 0.15) is 24.2 Å². The number of amides is 2. The summed E-state index contributed by atoms with van der Waals surface area (Å²) in [6.45, 7) is 1.52. The molecule has 0 radical (unpaired) electrons. The molecule has 0 N–H and O–H groups in total. The lowest BCUT2D eigenvalue weighted by molar-refractivity contribution is -0.134. The number of nitrogens with zero attached hydrogens (tertiary/aromatic N) is 2. The molecule has 6 heteroatoms. The van der Waals surface area contributed by atoms with Crippen LogP contribution in [0, 0.1) is 0 Å². The van der Waals surface area contributed by atoms with E-state index in [1.54, 1.807) is 28.2 Å². The van der Waals surface area contributed by atoms with Crippen LogP contribution >= 0.6 is 0 Å². The Balaban J connectivity index is 1.38.